The Morgan fingerprint density at radius 1 is 0.967 bits per heavy atom. The molecule has 2 bridgehead atoms. The average Bonchev–Trinajstić information content (AvgIpc) is 2.75. The van der Waals surface area contributed by atoms with Gasteiger partial charge in [0.25, 0.3) is 0 Å². The number of benzene rings is 1. The maximum atomic E-state index is 6.59. The molecule has 2 aliphatic heterocycles. The summed E-state index contributed by atoms with van der Waals surface area (Å²) in [7, 11) is 0. The van der Waals surface area contributed by atoms with Crippen molar-refractivity contribution < 1.29 is 4.74 Å². The molecule has 0 aliphatic carbocycles. The lowest BCUT2D eigenvalue weighted by molar-refractivity contribution is -0.00616. The first kappa shape index (κ1) is 23.8. The van der Waals surface area contributed by atoms with Gasteiger partial charge in [-0.3, -0.25) is 0 Å². The zero-order chi connectivity index (χ0) is 21.7. The van der Waals surface area contributed by atoms with Gasteiger partial charge in [-0.2, -0.15) is 0 Å². The Balaban J connectivity index is 1.54. The first-order valence-corrected chi connectivity index (χ1v) is 12.9. The van der Waals surface area contributed by atoms with Crippen molar-refractivity contribution in [2.45, 2.75) is 112 Å². The van der Waals surface area contributed by atoms with Gasteiger partial charge in [-0.05, 0) is 131 Å². The molecule has 0 spiro atoms. The van der Waals surface area contributed by atoms with Crippen LogP contribution in [0.5, 0.6) is 0 Å². The van der Waals surface area contributed by atoms with Crippen LogP contribution < -0.4 is 0 Å². The van der Waals surface area contributed by atoms with Crippen LogP contribution in [0.3, 0.4) is 0 Å². The SMILES string of the molecule is CCCCN1CCC(CCC(C)C2CCc3c(C)c(C)c(C)c(c3CC)CO2)CC1. The van der Waals surface area contributed by atoms with Crippen LogP contribution in [0.15, 0.2) is 0 Å². The molecule has 0 saturated carbocycles. The molecule has 1 aromatic carbocycles. The van der Waals surface area contributed by atoms with E-state index in [1.165, 1.54) is 93.3 Å². The molecule has 0 amide bonds. The molecule has 2 atom stereocenters. The van der Waals surface area contributed by atoms with Gasteiger partial charge in [0, 0.05) is 0 Å². The fraction of sp³-hybridized carbons (Fsp3) is 0.786. The maximum absolute atomic E-state index is 6.59. The molecule has 2 heteroatoms. The summed E-state index contributed by atoms with van der Waals surface area (Å²) in [4.78, 5) is 2.69. The second-order valence-electron chi connectivity index (χ2n) is 10.2. The van der Waals surface area contributed by atoms with Crippen molar-refractivity contribution in [2.75, 3.05) is 19.6 Å². The normalized spacial score (nSPS) is 22.0. The van der Waals surface area contributed by atoms with Gasteiger partial charge >= 0.3 is 0 Å². The number of fused-ring (bicyclic) bond motifs is 2. The first-order valence-electron chi connectivity index (χ1n) is 12.9. The molecular weight excluding hydrogens is 366 g/mol. The molecule has 2 unspecified atom stereocenters. The van der Waals surface area contributed by atoms with Crippen LogP contribution in [0.4, 0.5) is 0 Å². The average molecular weight is 414 g/mol. The molecule has 30 heavy (non-hydrogen) atoms. The summed E-state index contributed by atoms with van der Waals surface area (Å²) in [6.45, 7) is 18.8. The Morgan fingerprint density at radius 3 is 2.33 bits per heavy atom. The molecule has 1 saturated heterocycles. The van der Waals surface area contributed by atoms with Gasteiger partial charge in [-0.25, -0.2) is 0 Å². The second-order valence-corrected chi connectivity index (χ2v) is 10.2. The predicted molar refractivity (Wildman–Crippen MR) is 129 cm³/mol. The summed E-state index contributed by atoms with van der Waals surface area (Å²) in [5.74, 6) is 1.60. The minimum absolute atomic E-state index is 0.414. The van der Waals surface area contributed by atoms with Crippen molar-refractivity contribution in [3.05, 3.63) is 33.4 Å². The second kappa shape index (κ2) is 11.1. The summed E-state index contributed by atoms with van der Waals surface area (Å²) in [5.41, 5.74) is 9.20. The number of rotatable bonds is 8. The Kier molecular flexibility index (Phi) is 8.83. The lowest BCUT2D eigenvalue weighted by atomic mass is 9.82. The number of nitrogens with zero attached hydrogens (tertiary/aromatic N) is 1. The Morgan fingerprint density at radius 2 is 1.67 bits per heavy atom. The third-order valence-electron chi connectivity index (χ3n) is 8.43. The summed E-state index contributed by atoms with van der Waals surface area (Å²) < 4.78 is 6.59. The van der Waals surface area contributed by atoms with Gasteiger partial charge in [0.2, 0.25) is 0 Å². The fourth-order valence-corrected chi connectivity index (χ4v) is 5.90. The molecule has 0 N–H and O–H groups in total. The highest BCUT2D eigenvalue weighted by molar-refractivity contribution is 5.50. The van der Waals surface area contributed by atoms with Crippen LogP contribution >= 0.6 is 0 Å². The van der Waals surface area contributed by atoms with Gasteiger partial charge in [0.05, 0.1) is 12.7 Å². The van der Waals surface area contributed by atoms with E-state index in [2.05, 4.69) is 46.4 Å². The van der Waals surface area contributed by atoms with E-state index in [9.17, 15) is 0 Å². The lowest BCUT2D eigenvalue weighted by Gasteiger charge is -2.34. The topological polar surface area (TPSA) is 12.5 Å². The van der Waals surface area contributed by atoms with Crippen molar-refractivity contribution in [1.29, 1.82) is 0 Å². The van der Waals surface area contributed by atoms with Crippen molar-refractivity contribution in [2.24, 2.45) is 11.8 Å². The molecular formula is C28H47NO. The third kappa shape index (κ3) is 5.49. The molecule has 3 rings (SSSR count). The van der Waals surface area contributed by atoms with E-state index in [0.717, 1.165) is 18.9 Å². The zero-order valence-electron chi connectivity index (χ0n) is 20.8. The molecule has 170 valence electrons. The van der Waals surface area contributed by atoms with E-state index in [1.807, 2.05) is 0 Å². The van der Waals surface area contributed by atoms with E-state index < -0.39 is 0 Å². The van der Waals surface area contributed by atoms with E-state index in [4.69, 9.17) is 4.74 Å². The molecule has 2 aliphatic rings. The first-order chi connectivity index (χ1) is 14.5. The van der Waals surface area contributed by atoms with E-state index in [-0.39, 0.29) is 0 Å². The van der Waals surface area contributed by atoms with Gasteiger partial charge in [0.1, 0.15) is 0 Å². The van der Waals surface area contributed by atoms with Crippen molar-refractivity contribution in [3.63, 3.8) is 0 Å². The molecule has 2 heterocycles. The van der Waals surface area contributed by atoms with Crippen LogP contribution in [0.2, 0.25) is 0 Å². The molecule has 1 fully saturated rings. The number of unbranched alkanes of at least 4 members (excludes halogenated alkanes) is 1. The van der Waals surface area contributed by atoms with Crippen LogP contribution in [0, 0.1) is 32.6 Å². The largest absolute Gasteiger partial charge is 0.373 e. The van der Waals surface area contributed by atoms with E-state index in [0.29, 0.717) is 12.0 Å². The Labute approximate surface area is 186 Å². The molecule has 0 radical (unpaired) electrons. The maximum Gasteiger partial charge on any atom is 0.0726 e. The fourth-order valence-electron chi connectivity index (χ4n) is 5.90. The Bertz CT molecular complexity index is 651. The third-order valence-corrected chi connectivity index (χ3v) is 8.43. The monoisotopic (exact) mass is 413 g/mol. The number of hydrogen-bond acceptors (Lipinski definition) is 2. The summed E-state index contributed by atoms with van der Waals surface area (Å²) in [6.07, 6.45) is 12.1. The number of piperidine rings is 1. The van der Waals surface area contributed by atoms with Crippen molar-refractivity contribution in [1.82, 2.24) is 4.90 Å². The van der Waals surface area contributed by atoms with Crippen LogP contribution in [-0.2, 0) is 24.2 Å². The van der Waals surface area contributed by atoms with Crippen LogP contribution in [0.25, 0.3) is 0 Å². The quantitative estimate of drug-likeness (QED) is 0.458. The lowest BCUT2D eigenvalue weighted by Crippen LogP contribution is -2.34. The van der Waals surface area contributed by atoms with Crippen LogP contribution in [0.1, 0.15) is 99.1 Å². The van der Waals surface area contributed by atoms with Gasteiger partial charge in [-0.1, -0.05) is 33.6 Å². The van der Waals surface area contributed by atoms with Crippen LogP contribution in [-0.4, -0.2) is 30.6 Å². The highest BCUT2D eigenvalue weighted by Gasteiger charge is 2.26. The van der Waals surface area contributed by atoms with E-state index in [1.54, 1.807) is 11.1 Å². The standard InChI is InChI=1S/C28H47NO/c1-7-9-16-29-17-14-24(15-18-29)11-10-20(3)28-13-12-26-22(5)21(4)23(6)27(19-30-28)25(26)8-2/h20,24,28H,7-19H2,1-6H3. The van der Waals surface area contributed by atoms with Gasteiger partial charge < -0.3 is 9.64 Å². The minimum Gasteiger partial charge on any atom is -0.373 e. The molecule has 2 nitrogen and oxygen atoms in total. The highest BCUT2D eigenvalue weighted by Crippen LogP contribution is 2.34. The molecule has 1 aromatic rings. The molecule has 0 aromatic heterocycles. The number of likely N-dealkylation sites (tertiary alicyclic amines) is 1. The summed E-state index contributed by atoms with van der Waals surface area (Å²) in [6, 6.07) is 0. The van der Waals surface area contributed by atoms with Gasteiger partial charge in [-0.15, -0.1) is 0 Å². The van der Waals surface area contributed by atoms with Crippen molar-refractivity contribution >= 4 is 0 Å². The minimum atomic E-state index is 0.414. The number of ether oxygens (including phenoxy) is 1. The summed E-state index contributed by atoms with van der Waals surface area (Å²) in [5, 5.41) is 0. The Hall–Kier alpha value is -0.860. The predicted octanol–water partition coefficient (Wildman–Crippen LogP) is 6.93. The smallest absolute Gasteiger partial charge is 0.0726 e. The van der Waals surface area contributed by atoms with Crippen molar-refractivity contribution in [3.8, 4) is 0 Å². The van der Waals surface area contributed by atoms with E-state index >= 15 is 0 Å². The zero-order valence-corrected chi connectivity index (χ0v) is 20.8. The highest BCUT2D eigenvalue weighted by atomic mass is 16.5. The number of hydrogen-bond donors (Lipinski definition) is 0. The van der Waals surface area contributed by atoms with Gasteiger partial charge in [0.15, 0.2) is 0 Å². The summed E-state index contributed by atoms with van der Waals surface area (Å²) >= 11 is 0.